The SMILES string of the molecule is CCN(CC)CCN(C)C(C=O)c1sc(-c2cc(Cl)cc(Cl)c2)nc1C. The van der Waals surface area contributed by atoms with Gasteiger partial charge in [-0.05, 0) is 45.3 Å². The van der Waals surface area contributed by atoms with Crippen molar-refractivity contribution < 1.29 is 4.79 Å². The van der Waals surface area contributed by atoms with E-state index in [-0.39, 0.29) is 6.04 Å². The molecule has 0 amide bonds. The van der Waals surface area contributed by atoms with Gasteiger partial charge in [0.1, 0.15) is 17.3 Å². The van der Waals surface area contributed by atoms with E-state index in [1.165, 1.54) is 11.3 Å². The van der Waals surface area contributed by atoms with Crippen molar-refractivity contribution in [2.75, 3.05) is 33.2 Å². The molecule has 0 bridgehead atoms. The second kappa shape index (κ2) is 9.81. The van der Waals surface area contributed by atoms with E-state index in [2.05, 4.69) is 28.6 Å². The van der Waals surface area contributed by atoms with Crippen molar-refractivity contribution in [2.24, 2.45) is 0 Å². The number of halogens is 2. The summed E-state index contributed by atoms with van der Waals surface area (Å²) in [5.41, 5.74) is 1.74. The largest absolute Gasteiger partial charge is 0.303 e. The van der Waals surface area contributed by atoms with Crippen molar-refractivity contribution in [3.8, 4) is 10.6 Å². The average molecular weight is 414 g/mol. The second-order valence-electron chi connectivity index (χ2n) is 6.22. The molecule has 1 heterocycles. The Morgan fingerprint density at radius 3 is 2.31 bits per heavy atom. The van der Waals surface area contributed by atoms with Crippen molar-refractivity contribution in [3.63, 3.8) is 0 Å². The molecule has 4 nitrogen and oxygen atoms in total. The Kier molecular flexibility index (Phi) is 8.05. The van der Waals surface area contributed by atoms with Crippen LogP contribution in [0.1, 0.15) is 30.5 Å². The third-order valence-corrected chi connectivity index (χ3v) is 6.19. The zero-order valence-electron chi connectivity index (χ0n) is 15.6. The van der Waals surface area contributed by atoms with Crippen LogP contribution in [0.25, 0.3) is 10.6 Å². The highest BCUT2D eigenvalue weighted by Gasteiger charge is 2.23. The molecule has 0 fully saturated rings. The Bertz CT molecular complexity index is 726. The Balaban J connectivity index is 2.23. The van der Waals surface area contributed by atoms with Gasteiger partial charge in [-0.1, -0.05) is 37.0 Å². The van der Waals surface area contributed by atoms with E-state index in [0.717, 1.165) is 53.6 Å². The van der Waals surface area contributed by atoms with E-state index in [0.29, 0.717) is 10.0 Å². The molecular weight excluding hydrogens is 389 g/mol. The van der Waals surface area contributed by atoms with Gasteiger partial charge in [-0.2, -0.15) is 0 Å². The number of aldehydes is 1. The van der Waals surface area contributed by atoms with Gasteiger partial charge >= 0.3 is 0 Å². The number of carbonyl (C=O) groups is 1. The minimum atomic E-state index is -0.300. The number of carbonyl (C=O) groups excluding carboxylic acids is 1. The van der Waals surface area contributed by atoms with Crippen LogP contribution in [-0.4, -0.2) is 54.3 Å². The van der Waals surface area contributed by atoms with Crippen LogP contribution in [0.3, 0.4) is 0 Å². The van der Waals surface area contributed by atoms with Gasteiger partial charge in [-0.3, -0.25) is 4.90 Å². The number of likely N-dealkylation sites (N-methyl/N-ethyl adjacent to an activating group) is 2. The van der Waals surface area contributed by atoms with Crippen molar-refractivity contribution in [1.29, 1.82) is 0 Å². The number of hydrogen-bond donors (Lipinski definition) is 0. The fourth-order valence-electron chi connectivity index (χ4n) is 2.83. The van der Waals surface area contributed by atoms with Gasteiger partial charge < -0.3 is 9.69 Å². The summed E-state index contributed by atoms with van der Waals surface area (Å²) < 4.78 is 0. The van der Waals surface area contributed by atoms with Crippen LogP contribution in [0.15, 0.2) is 18.2 Å². The first-order chi connectivity index (χ1) is 12.4. The predicted molar refractivity (Wildman–Crippen MR) is 112 cm³/mol. The van der Waals surface area contributed by atoms with Crippen molar-refractivity contribution in [3.05, 3.63) is 38.8 Å². The lowest BCUT2D eigenvalue weighted by atomic mass is 10.2. The Morgan fingerprint density at radius 1 is 1.15 bits per heavy atom. The number of rotatable bonds is 9. The Labute approximate surface area is 169 Å². The monoisotopic (exact) mass is 413 g/mol. The highest BCUT2D eigenvalue weighted by atomic mass is 35.5. The quantitative estimate of drug-likeness (QED) is 0.545. The average Bonchev–Trinajstić information content (AvgIpc) is 2.97. The van der Waals surface area contributed by atoms with Crippen LogP contribution in [0.2, 0.25) is 10.0 Å². The molecule has 1 atom stereocenters. The van der Waals surface area contributed by atoms with E-state index >= 15 is 0 Å². The fourth-order valence-corrected chi connectivity index (χ4v) is 4.53. The molecule has 1 aromatic heterocycles. The number of hydrogen-bond acceptors (Lipinski definition) is 5. The van der Waals surface area contributed by atoms with Crippen LogP contribution < -0.4 is 0 Å². The number of thiazole rings is 1. The first-order valence-corrected chi connectivity index (χ1v) is 10.3. The van der Waals surface area contributed by atoms with Gasteiger partial charge in [0.2, 0.25) is 0 Å². The lowest BCUT2D eigenvalue weighted by molar-refractivity contribution is -0.112. The number of nitrogens with zero attached hydrogens (tertiary/aromatic N) is 3. The van der Waals surface area contributed by atoms with Crippen molar-refractivity contribution in [1.82, 2.24) is 14.8 Å². The Morgan fingerprint density at radius 2 is 1.77 bits per heavy atom. The molecule has 0 spiro atoms. The molecule has 0 aliphatic rings. The molecule has 0 aliphatic carbocycles. The third-order valence-electron chi connectivity index (χ3n) is 4.48. The molecule has 1 unspecified atom stereocenters. The van der Waals surface area contributed by atoms with Gasteiger partial charge in [0.15, 0.2) is 0 Å². The summed E-state index contributed by atoms with van der Waals surface area (Å²) in [7, 11) is 1.98. The number of aromatic nitrogens is 1. The molecule has 2 aromatic rings. The van der Waals surface area contributed by atoms with E-state index in [1.54, 1.807) is 6.07 Å². The van der Waals surface area contributed by atoms with Crippen LogP contribution in [-0.2, 0) is 4.79 Å². The molecule has 26 heavy (non-hydrogen) atoms. The maximum Gasteiger partial charge on any atom is 0.142 e. The summed E-state index contributed by atoms with van der Waals surface area (Å²) in [6.07, 6.45) is 0.997. The molecular formula is C19H25Cl2N3OS. The number of benzene rings is 1. The van der Waals surface area contributed by atoms with Gasteiger partial charge in [0.05, 0.1) is 10.6 Å². The lowest BCUT2D eigenvalue weighted by Crippen LogP contribution is -2.35. The third kappa shape index (κ3) is 5.27. The molecule has 0 saturated heterocycles. The topological polar surface area (TPSA) is 36.4 Å². The normalized spacial score (nSPS) is 12.8. The molecule has 2 rings (SSSR count). The molecule has 1 aromatic carbocycles. The summed E-state index contributed by atoms with van der Waals surface area (Å²) in [5, 5.41) is 1.97. The zero-order chi connectivity index (χ0) is 19.3. The summed E-state index contributed by atoms with van der Waals surface area (Å²) in [4.78, 5) is 21.9. The fraction of sp³-hybridized carbons (Fsp3) is 0.474. The Hall–Kier alpha value is -0.980. The maximum absolute atomic E-state index is 11.8. The smallest absolute Gasteiger partial charge is 0.142 e. The highest BCUT2D eigenvalue weighted by molar-refractivity contribution is 7.15. The van der Waals surface area contributed by atoms with Crippen LogP contribution >= 0.6 is 34.5 Å². The standard InChI is InChI=1S/C19H25Cl2N3OS/c1-5-24(6-2)8-7-23(4)17(12-25)18-13(3)22-19(26-18)14-9-15(20)11-16(21)10-14/h9-12,17H,5-8H2,1-4H3. The van der Waals surface area contributed by atoms with E-state index < -0.39 is 0 Å². The first-order valence-electron chi connectivity index (χ1n) is 8.71. The summed E-state index contributed by atoms with van der Waals surface area (Å²) in [6, 6.07) is 5.08. The van der Waals surface area contributed by atoms with Gasteiger partial charge in [0, 0.05) is 28.7 Å². The molecule has 7 heteroatoms. The zero-order valence-corrected chi connectivity index (χ0v) is 18.0. The first kappa shape index (κ1) is 21.3. The maximum atomic E-state index is 11.8. The van der Waals surface area contributed by atoms with Crippen molar-refractivity contribution >= 4 is 40.8 Å². The summed E-state index contributed by atoms with van der Waals surface area (Å²) in [6.45, 7) is 10.0. The van der Waals surface area contributed by atoms with Gasteiger partial charge in [0.25, 0.3) is 0 Å². The predicted octanol–water partition coefficient (Wildman–Crippen LogP) is 4.94. The molecule has 0 N–H and O–H groups in total. The minimum absolute atomic E-state index is 0.300. The van der Waals surface area contributed by atoms with Gasteiger partial charge in [-0.25, -0.2) is 4.98 Å². The second-order valence-corrected chi connectivity index (χ2v) is 8.12. The van der Waals surface area contributed by atoms with E-state index in [1.807, 2.05) is 26.1 Å². The molecule has 0 radical (unpaired) electrons. The molecule has 0 saturated carbocycles. The highest BCUT2D eigenvalue weighted by Crippen LogP contribution is 2.35. The van der Waals surface area contributed by atoms with Gasteiger partial charge in [-0.15, -0.1) is 11.3 Å². The number of aryl methyl sites for hydroxylation is 1. The van der Waals surface area contributed by atoms with Crippen LogP contribution in [0.4, 0.5) is 0 Å². The van der Waals surface area contributed by atoms with Crippen molar-refractivity contribution in [2.45, 2.75) is 26.8 Å². The minimum Gasteiger partial charge on any atom is -0.303 e. The van der Waals surface area contributed by atoms with Crippen LogP contribution in [0, 0.1) is 6.92 Å². The molecule has 0 aliphatic heterocycles. The van der Waals surface area contributed by atoms with E-state index in [9.17, 15) is 4.79 Å². The lowest BCUT2D eigenvalue weighted by Gasteiger charge is -2.26. The summed E-state index contributed by atoms with van der Waals surface area (Å²) >= 11 is 13.7. The summed E-state index contributed by atoms with van der Waals surface area (Å²) in [5.74, 6) is 0. The van der Waals surface area contributed by atoms with E-state index in [4.69, 9.17) is 23.2 Å². The molecule has 142 valence electrons. The van der Waals surface area contributed by atoms with Crippen LogP contribution in [0.5, 0.6) is 0 Å².